The summed E-state index contributed by atoms with van der Waals surface area (Å²) in [6, 6.07) is 7.13. The van der Waals surface area contributed by atoms with Crippen LogP contribution in [0.2, 0.25) is 0 Å². The number of benzene rings is 1. The first-order valence-corrected chi connectivity index (χ1v) is 10.1. The van der Waals surface area contributed by atoms with Gasteiger partial charge in [-0.25, -0.2) is 4.79 Å². The topological polar surface area (TPSA) is 81.7 Å². The maximum absolute atomic E-state index is 12.3. The molecule has 1 amide bonds. The summed E-state index contributed by atoms with van der Waals surface area (Å²) in [4.78, 5) is 37.6. The molecule has 0 aliphatic heterocycles. The Kier molecular flexibility index (Phi) is 6.46. The second-order valence-electron chi connectivity index (χ2n) is 6.74. The molecule has 0 saturated carbocycles. The van der Waals surface area contributed by atoms with Crippen LogP contribution in [0.3, 0.4) is 0 Å². The molecule has 0 fully saturated rings. The molecule has 0 radical (unpaired) electrons. The van der Waals surface area contributed by atoms with Crippen molar-refractivity contribution in [3.05, 3.63) is 45.8 Å². The fourth-order valence-corrected chi connectivity index (χ4v) is 4.46. The molecule has 1 aliphatic carbocycles. The van der Waals surface area contributed by atoms with Gasteiger partial charge in [-0.2, -0.15) is 0 Å². The molecule has 148 valence electrons. The average Bonchev–Trinajstić information content (AvgIpc) is 3.05. The Labute approximate surface area is 167 Å². The number of esters is 2. The second kappa shape index (κ2) is 9.01. The van der Waals surface area contributed by atoms with Crippen LogP contribution in [0, 0.1) is 6.92 Å². The predicted molar refractivity (Wildman–Crippen MR) is 107 cm³/mol. The van der Waals surface area contributed by atoms with E-state index in [2.05, 4.69) is 5.32 Å². The van der Waals surface area contributed by atoms with E-state index in [4.69, 9.17) is 9.47 Å². The molecule has 0 unspecified atom stereocenters. The summed E-state index contributed by atoms with van der Waals surface area (Å²) in [7, 11) is 1.34. The van der Waals surface area contributed by atoms with Crippen molar-refractivity contribution in [3.8, 4) is 5.75 Å². The molecule has 2 aromatic rings. The lowest BCUT2D eigenvalue weighted by atomic mass is 9.95. The third-order valence-corrected chi connectivity index (χ3v) is 5.83. The first kappa shape index (κ1) is 20.1. The number of hydrogen-bond donors (Lipinski definition) is 1. The molecule has 1 aromatic heterocycles. The second-order valence-corrected chi connectivity index (χ2v) is 7.85. The largest absolute Gasteiger partial charge is 0.465 e. The number of rotatable bonds is 6. The summed E-state index contributed by atoms with van der Waals surface area (Å²) >= 11 is 1.42. The lowest BCUT2D eigenvalue weighted by Gasteiger charge is -2.11. The lowest BCUT2D eigenvalue weighted by molar-refractivity contribution is -0.135. The number of anilines is 1. The van der Waals surface area contributed by atoms with Crippen molar-refractivity contribution in [2.24, 2.45) is 0 Å². The third kappa shape index (κ3) is 4.78. The van der Waals surface area contributed by atoms with E-state index >= 15 is 0 Å². The van der Waals surface area contributed by atoms with Crippen LogP contribution in [0.5, 0.6) is 5.75 Å². The molecule has 28 heavy (non-hydrogen) atoms. The maximum Gasteiger partial charge on any atom is 0.341 e. The number of ether oxygens (including phenoxy) is 2. The van der Waals surface area contributed by atoms with Gasteiger partial charge in [-0.05, 0) is 50.3 Å². The summed E-state index contributed by atoms with van der Waals surface area (Å²) < 4.78 is 10.1. The van der Waals surface area contributed by atoms with Crippen LogP contribution in [-0.4, -0.2) is 25.0 Å². The highest BCUT2D eigenvalue weighted by Gasteiger charge is 2.27. The van der Waals surface area contributed by atoms with Gasteiger partial charge in [0, 0.05) is 11.3 Å². The van der Waals surface area contributed by atoms with E-state index in [1.54, 1.807) is 12.1 Å². The highest BCUT2D eigenvalue weighted by molar-refractivity contribution is 7.17. The first-order valence-electron chi connectivity index (χ1n) is 9.28. The summed E-state index contributed by atoms with van der Waals surface area (Å²) in [6.45, 7) is 1.95. The lowest BCUT2D eigenvalue weighted by Crippen LogP contribution is -2.17. The van der Waals surface area contributed by atoms with E-state index < -0.39 is 11.9 Å². The molecule has 0 bridgehead atoms. The van der Waals surface area contributed by atoms with Crippen molar-refractivity contribution in [2.75, 3.05) is 12.4 Å². The highest BCUT2D eigenvalue weighted by atomic mass is 32.1. The van der Waals surface area contributed by atoms with Crippen LogP contribution in [0.25, 0.3) is 0 Å². The molecule has 3 rings (SSSR count). The van der Waals surface area contributed by atoms with E-state index in [9.17, 15) is 14.4 Å². The molecule has 6 nitrogen and oxygen atoms in total. The molecule has 0 atom stereocenters. The molecule has 0 spiro atoms. The number of carbonyl (C=O) groups is 3. The molecular weight excluding hydrogens is 378 g/mol. The van der Waals surface area contributed by atoms with Crippen molar-refractivity contribution in [1.82, 2.24) is 0 Å². The van der Waals surface area contributed by atoms with Gasteiger partial charge in [0.1, 0.15) is 10.8 Å². The minimum Gasteiger partial charge on any atom is -0.465 e. The van der Waals surface area contributed by atoms with Crippen molar-refractivity contribution in [1.29, 1.82) is 0 Å². The zero-order valence-corrected chi connectivity index (χ0v) is 16.8. The van der Waals surface area contributed by atoms with Crippen LogP contribution < -0.4 is 10.1 Å². The van der Waals surface area contributed by atoms with Crippen LogP contribution in [0.1, 0.15) is 52.0 Å². The normalized spacial score (nSPS) is 12.8. The molecule has 1 aliphatic rings. The minimum atomic E-state index is -0.474. The van der Waals surface area contributed by atoms with Gasteiger partial charge in [-0.15, -0.1) is 11.3 Å². The zero-order chi connectivity index (χ0) is 20.1. The zero-order valence-electron chi connectivity index (χ0n) is 16.0. The number of nitrogens with one attached hydrogen (secondary N) is 1. The third-order valence-electron chi connectivity index (χ3n) is 4.62. The Morgan fingerprint density at radius 2 is 1.79 bits per heavy atom. The Hall–Kier alpha value is -2.67. The fraction of sp³-hybridized carbons (Fsp3) is 0.381. The number of carbonyl (C=O) groups excluding carboxylic acids is 3. The van der Waals surface area contributed by atoms with E-state index in [1.165, 1.54) is 18.4 Å². The first-order chi connectivity index (χ1) is 13.5. The van der Waals surface area contributed by atoms with Gasteiger partial charge in [-0.3, -0.25) is 9.59 Å². The van der Waals surface area contributed by atoms with Crippen molar-refractivity contribution < 1.29 is 23.9 Å². The van der Waals surface area contributed by atoms with Gasteiger partial charge in [-0.1, -0.05) is 17.7 Å². The van der Waals surface area contributed by atoms with E-state index in [0.29, 0.717) is 16.3 Å². The molecule has 0 saturated heterocycles. The monoisotopic (exact) mass is 401 g/mol. The average molecular weight is 401 g/mol. The number of fused-ring (bicyclic) bond motifs is 1. The Morgan fingerprint density at radius 1 is 1.07 bits per heavy atom. The quantitative estimate of drug-likeness (QED) is 0.583. The van der Waals surface area contributed by atoms with Crippen molar-refractivity contribution >= 4 is 34.2 Å². The summed E-state index contributed by atoms with van der Waals surface area (Å²) in [6.07, 6.45) is 3.75. The van der Waals surface area contributed by atoms with Crippen LogP contribution >= 0.6 is 11.3 Å². The maximum atomic E-state index is 12.3. The number of methoxy groups -OCH3 is 1. The van der Waals surface area contributed by atoms with Crippen molar-refractivity contribution in [2.45, 2.75) is 45.4 Å². The van der Waals surface area contributed by atoms with Gasteiger partial charge in [0.15, 0.2) is 0 Å². The number of thiophene rings is 1. The predicted octanol–water partition coefficient (Wildman–Crippen LogP) is 4.05. The molecule has 1 N–H and O–H groups in total. The molecule has 1 heterocycles. The summed E-state index contributed by atoms with van der Waals surface area (Å²) in [5.41, 5.74) is 2.51. The number of aryl methyl sites for hydroxylation is 2. The van der Waals surface area contributed by atoms with Gasteiger partial charge in [0.05, 0.1) is 19.1 Å². The molecular formula is C21H23NO5S. The van der Waals surface area contributed by atoms with Gasteiger partial charge in [0.25, 0.3) is 0 Å². The van der Waals surface area contributed by atoms with Crippen LogP contribution in [0.4, 0.5) is 5.00 Å². The van der Waals surface area contributed by atoms with E-state index in [-0.39, 0.29) is 18.7 Å². The number of hydrogen-bond acceptors (Lipinski definition) is 6. The molecule has 7 heteroatoms. The van der Waals surface area contributed by atoms with Gasteiger partial charge in [0.2, 0.25) is 5.91 Å². The van der Waals surface area contributed by atoms with Gasteiger partial charge >= 0.3 is 11.9 Å². The van der Waals surface area contributed by atoms with Crippen LogP contribution in [0.15, 0.2) is 24.3 Å². The van der Waals surface area contributed by atoms with E-state index in [0.717, 1.165) is 41.7 Å². The Bertz CT molecular complexity index is 885. The van der Waals surface area contributed by atoms with E-state index in [1.807, 2.05) is 19.1 Å². The summed E-state index contributed by atoms with van der Waals surface area (Å²) in [5, 5.41) is 3.29. The fourth-order valence-electron chi connectivity index (χ4n) is 3.17. The minimum absolute atomic E-state index is 0.0200. The molecule has 1 aromatic carbocycles. The highest BCUT2D eigenvalue weighted by Crippen LogP contribution is 2.38. The Morgan fingerprint density at radius 3 is 2.50 bits per heavy atom. The van der Waals surface area contributed by atoms with Gasteiger partial charge < -0.3 is 14.8 Å². The SMILES string of the molecule is COC(=O)c1c(NC(=O)CCC(=O)Oc2ccc(C)cc2)sc2c1CCCC2. The number of amides is 1. The standard InChI is InChI=1S/C21H23NO5S/c1-13-7-9-14(10-8-13)27-18(24)12-11-17(23)22-20-19(21(25)26-2)15-5-3-4-6-16(15)28-20/h7-10H,3-6,11-12H2,1-2H3,(H,22,23). The smallest absolute Gasteiger partial charge is 0.341 e. The Balaban J connectivity index is 1.60. The van der Waals surface area contributed by atoms with Crippen molar-refractivity contribution in [3.63, 3.8) is 0 Å². The van der Waals surface area contributed by atoms with Crippen LogP contribution in [-0.2, 0) is 27.2 Å². The summed E-state index contributed by atoms with van der Waals surface area (Å²) in [5.74, 6) is -0.786.